The molecule has 2 aromatic carbocycles. The lowest BCUT2D eigenvalue weighted by Crippen LogP contribution is -1.90. The summed E-state index contributed by atoms with van der Waals surface area (Å²) in [6.07, 6.45) is 6.69. The lowest BCUT2D eigenvalue weighted by molar-refractivity contribution is 0.565. The molecule has 0 saturated heterocycles. The predicted molar refractivity (Wildman–Crippen MR) is 103 cm³/mol. The number of rotatable bonds is 3. The Kier molecular flexibility index (Phi) is 7.70. The van der Waals surface area contributed by atoms with E-state index in [1.165, 1.54) is 36.8 Å². The summed E-state index contributed by atoms with van der Waals surface area (Å²) in [5.74, 6) is 1.42. The summed E-state index contributed by atoms with van der Waals surface area (Å²) >= 11 is 0. The van der Waals surface area contributed by atoms with Crippen LogP contribution in [0.4, 0.5) is 11.4 Å². The van der Waals surface area contributed by atoms with Crippen LogP contribution >= 0.6 is 12.4 Å². The minimum atomic E-state index is 0. The van der Waals surface area contributed by atoms with E-state index in [2.05, 4.69) is 17.1 Å². The first-order valence-corrected chi connectivity index (χ1v) is 7.81. The van der Waals surface area contributed by atoms with Crippen LogP contribution < -0.4 is 5.73 Å². The molecule has 2 saturated carbocycles. The molecule has 2 aliphatic rings. The molecule has 0 spiro atoms. The Hall–Kier alpha value is -2.09. The Balaban J connectivity index is 0.000000224. The van der Waals surface area contributed by atoms with Gasteiger partial charge in [-0.05, 0) is 60.8 Å². The minimum absolute atomic E-state index is 0. The van der Waals surface area contributed by atoms with E-state index in [-0.39, 0.29) is 19.8 Å². The van der Waals surface area contributed by atoms with Gasteiger partial charge in [0, 0.05) is 5.69 Å². The summed E-state index contributed by atoms with van der Waals surface area (Å²) in [4.78, 5) is 13.7. The first kappa shape index (κ1) is 20.0. The molecule has 24 heavy (non-hydrogen) atoms. The number of hydrogen-bond acceptors (Lipinski definition) is 3. The van der Waals surface area contributed by atoms with Crippen molar-refractivity contribution in [3.05, 3.63) is 59.7 Å². The second-order valence-corrected chi connectivity index (χ2v) is 5.94. The summed E-state index contributed by atoms with van der Waals surface area (Å²) < 4.78 is 0. The highest BCUT2D eigenvalue weighted by Gasteiger charge is 2.25. The molecule has 0 radical (unpaired) electrons. The van der Waals surface area contributed by atoms with Gasteiger partial charge in [0.05, 0.1) is 5.69 Å². The van der Waals surface area contributed by atoms with E-state index in [1.807, 2.05) is 36.4 Å². The molecule has 3 nitrogen and oxygen atoms in total. The standard InChI is InChI=1S/C10H9NO.C9H11N.CH4.ClH/c12-7-11-10-4-2-1-3-9(10)8-5-6-8;10-9-4-2-1-3-8(9)7-5-6-7;;/h1-4,8H,5-6H2;1-4,7H,5-6,10H2;1H4;1H. The largest absolute Gasteiger partial charge is 0.398 e. The Morgan fingerprint density at radius 1 is 0.875 bits per heavy atom. The third-order valence-electron chi connectivity index (χ3n) is 4.13. The van der Waals surface area contributed by atoms with Crippen molar-refractivity contribution in [3.63, 3.8) is 0 Å². The summed E-state index contributed by atoms with van der Waals surface area (Å²) in [6.45, 7) is 0. The van der Waals surface area contributed by atoms with E-state index in [4.69, 9.17) is 5.73 Å². The predicted octanol–water partition coefficient (Wildman–Crippen LogP) is 5.74. The number of para-hydroxylation sites is 2. The maximum absolute atomic E-state index is 10.1. The molecule has 0 aliphatic heterocycles. The average Bonchev–Trinajstić information content (AvgIpc) is 3.41. The van der Waals surface area contributed by atoms with Crippen molar-refractivity contribution >= 4 is 29.9 Å². The minimum Gasteiger partial charge on any atom is -0.398 e. The zero-order chi connectivity index (χ0) is 15.4. The monoisotopic (exact) mass is 344 g/mol. The van der Waals surface area contributed by atoms with Crippen molar-refractivity contribution in [2.24, 2.45) is 4.99 Å². The molecule has 0 aromatic heterocycles. The van der Waals surface area contributed by atoms with Gasteiger partial charge in [0.15, 0.2) is 0 Å². The molecule has 0 bridgehead atoms. The van der Waals surface area contributed by atoms with E-state index < -0.39 is 0 Å². The first-order valence-electron chi connectivity index (χ1n) is 7.81. The van der Waals surface area contributed by atoms with Crippen LogP contribution in [0.5, 0.6) is 0 Å². The van der Waals surface area contributed by atoms with Gasteiger partial charge < -0.3 is 5.73 Å². The molecule has 0 atom stereocenters. The number of benzene rings is 2. The van der Waals surface area contributed by atoms with Crippen molar-refractivity contribution in [1.82, 2.24) is 0 Å². The number of hydrogen-bond donors (Lipinski definition) is 1. The van der Waals surface area contributed by atoms with Crippen LogP contribution in [-0.4, -0.2) is 6.08 Å². The Morgan fingerprint density at radius 2 is 1.38 bits per heavy atom. The van der Waals surface area contributed by atoms with Crippen LogP contribution in [0, 0.1) is 0 Å². The Labute approximate surface area is 150 Å². The van der Waals surface area contributed by atoms with Crippen LogP contribution in [0.2, 0.25) is 0 Å². The first-order chi connectivity index (χ1) is 10.8. The highest BCUT2D eigenvalue weighted by molar-refractivity contribution is 5.85. The van der Waals surface area contributed by atoms with Crippen molar-refractivity contribution in [2.45, 2.75) is 44.9 Å². The molecular weight excluding hydrogens is 320 g/mol. The van der Waals surface area contributed by atoms with Crippen molar-refractivity contribution in [3.8, 4) is 0 Å². The number of anilines is 1. The number of nitrogens with two attached hydrogens (primary N) is 1. The highest BCUT2D eigenvalue weighted by atomic mass is 35.5. The van der Waals surface area contributed by atoms with Crippen LogP contribution in [0.1, 0.15) is 56.1 Å². The van der Waals surface area contributed by atoms with Gasteiger partial charge in [-0.3, -0.25) is 0 Å². The SMILES string of the molecule is C.Cl.Nc1ccccc1C1CC1.O=C=Nc1ccccc1C1CC1. The normalized spacial score (nSPS) is 14.8. The van der Waals surface area contributed by atoms with Gasteiger partial charge in [-0.2, -0.15) is 4.99 Å². The summed E-state index contributed by atoms with van der Waals surface area (Å²) in [7, 11) is 0. The van der Waals surface area contributed by atoms with Gasteiger partial charge in [0.1, 0.15) is 0 Å². The maximum atomic E-state index is 10.1. The van der Waals surface area contributed by atoms with Crippen LogP contribution in [0.15, 0.2) is 53.5 Å². The number of aliphatic imine (C=N–C) groups is 1. The van der Waals surface area contributed by atoms with Gasteiger partial charge in [-0.1, -0.05) is 43.8 Å². The molecule has 2 aromatic rings. The zero-order valence-electron chi connectivity index (χ0n) is 12.9. The molecular formula is C20H25ClN2O. The highest BCUT2D eigenvalue weighted by Crippen LogP contribution is 2.44. The third-order valence-corrected chi connectivity index (χ3v) is 4.13. The number of halogens is 1. The molecule has 128 valence electrons. The van der Waals surface area contributed by atoms with Crippen LogP contribution in [0.25, 0.3) is 0 Å². The Bertz CT molecular complexity index is 702. The third kappa shape index (κ3) is 5.23. The van der Waals surface area contributed by atoms with E-state index in [0.29, 0.717) is 5.92 Å². The molecule has 0 heterocycles. The van der Waals surface area contributed by atoms with E-state index in [1.54, 1.807) is 6.08 Å². The molecule has 0 unspecified atom stereocenters. The Morgan fingerprint density at radius 3 is 1.92 bits per heavy atom. The van der Waals surface area contributed by atoms with Gasteiger partial charge in [-0.25, -0.2) is 4.79 Å². The van der Waals surface area contributed by atoms with Crippen LogP contribution in [-0.2, 0) is 4.79 Å². The maximum Gasteiger partial charge on any atom is 0.240 e. The molecule has 2 fully saturated rings. The smallest absolute Gasteiger partial charge is 0.240 e. The molecule has 2 N–H and O–H groups in total. The number of isocyanates is 1. The second-order valence-electron chi connectivity index (χ2n) is 5.94. The van der Waals surface area contributed by atoms with Crippen LogP contribution in [0.3, 0.4) is 0 Å². The number of nitrogens with zero attached hydrogens (tertiary/aromatic N) is 1. The second kappa shape index (κ2) is 9.27. The average molecular weight is 345 g/mol. The summed E-state index contributed by atoms with van der Waals surface area (Å²) in [6, 6.07) is 15.9. The zero-order valence-corrected chi connectivity index (χ0v) is 13.8. The van der Waals surface area contributed by atoms with Crippen molar-refractivity contribution in [2.75, 3.05) is 5.73 Å². The molecule has 2 aliphatic carbocycles. The van der Waals surface area contributed by atoms with Gasteiger partial charge in [0.2, 0.25) is 6.08 Å². The fourth-order valence-corrected chi connectivity index (χ4v) is 2.66. The van der Waals surface area contributed by atoms with E-state index in [9.17, 15) is 4.79 Å². The lowest BCUT2D eigenvalue weighted by atomic mass is 10.1. The molecule has 4 heteroatoms. The van der Waals surface area contributed by atoms with Gasteiger partial charge in [0.25, 0.3) is 0 Å². The van der Waals surface area contributed by atoms with E-state index >= 15 is 0 Å². The fraction of sp³-hybridized carbons (Fsp3) is 0.350. The fourth-order valence-electron chi connectivity index (χ4n) is 2.66. The topological polar surface area (TPSA) is 55.5 Å². The lowest BCUT2D eigenvalue weighted by Gasteiger charge is -2.00. The van der Waals surface area contributed by atoms with E-state index in [0.717, 1.165) is 17.3 Å². The van der Waals surface area contributed by atoms with Gasteiger partial charge >= 0.3 is 0 Å². The number of nitrogen functional groups attached to an aromatic ring is 1. The number of carbonyl (C=O) groups excluding carboxylic acids is 1. The molecule has 4 rings (SSSR count). The van der Waals surface area contributed by atoms with Crippen molar-refractivity contribution in [1.29, 1.82) is 0 Å². The summed E-state index contributed by atoms with van der Waals surface area (Å²) in [5, 5.41) is 0. The van der Waals surface area contributed by atoms with Gasteiger partial charge in [-0.15, -0.1) is 12.4 Å². The van der Waals surface area contributed by atoms with Crippen molar-refractivity contribution < 1.29 is 4.79 Å². The summed E-state index contributed by atoms with van der Waals surface area (Å²) in [5.41, 5.74) is 10.1. The molecule has 0 amide bonds. The quantitative estimate of drug-likeness (QED) is 0.438.